The van der Waals surface area contributed by atoms with Crippen molar-refractivity contribution in [1.82, 2.24) is 15.2 Å². The molecule has 1 aliphatic heterocycles. The highest BCUT2D eigenvalue weighted by Gasteiger charge is 2.39. The van der Waals surface area contributed by atoms with Crippen LogP contribution in [0.5, 0.6) is 5.75 Å². The van der Waals surface area contributed by atoms with Gasteiger partial charge in [0.15, 0.2) is 0 Å². The fourth-order valence-corrected chi connectivity index (χ4v) is 5.61. The second-order valence-electron chi connectivity index (χ2n) is 9.51. The number of halogens is 4. The summed E-state index contributed by atoms with van der Waals surface area (Å²) in [6.45, 7) is 4.98. The predicted octanol–water partition coefficient (Wildman–Crippen LogP) is 6.00. The average Bonchev–Trinajstić information content (AvgIpc) is 3.21. The highest BCUT2D eigenvalue weighted by atomic mass is 35.5. The SMILES string of the molecule is CC(CN1[C@H](c2c(Cl)ccc(OCCNCCCF)c2Cl)c2[nH]c3ccc(F)cc3c2C[C@@H]1C)C(=O)O. The van der Waals surface area contributed by atoms with Crippen molar-refractivity contribution in [2.75, 3.05) is 32.9 Å². The summed E-state index contributed by atoms with van der Waals surface area (Å²) in [7, 11) is 0. The number of carboxylic acids is 1. The number of nitrogens with one attached hydrogen (secondary N) is 2. The van der Waals surface area contributed by atoms with E-state index in [0.29, 0.717) is 53.9 Å². The Morgan fingerprint density at radius 3 is 2.81 bits per heavy atom. The summed E-state index contributed by atoms with van der Waals surface area (Å²) in [6, 6.07) is 7.47. The van der Waals surface area contributed by atoms with Gasteiger partial charge in [0.2, 0.25) is 0 Å². The Kier molecular flexibility index (Phi) is 8.95. The fourth-order valence-electron chi connectivity index (χ4n) is 4.98. The Balaban J connectivity index is 1.77. The van der Waals surface area contributed by atoms with Crippen LogP contribution in [-0.2, 0) is 11.2 Å². The minimum Gasteiger partial charge on any atom is -0.491 e. The molecule has 2 aromatic carbocycles. The van der Waals surface area contributed by atoms with Crippen molar-refractivity contribution < 1.29 is 23.4 Å². The van der Waals surface area contributed by atoms with Crippen LogP contribution in [0.4, 0.5) is 8.78 Å². The molecule has 6 nitrogen and oxygen atoms in total. The van der Waals surface area contributed by atoms with Gasteiger partial charge in [-0.25, -0.2) is 4.39 Å². The van der Waals surface area contributed by atoms with Crippen molar-refractivity contribution in [3.05, 3.63) is 63.0 Å². The number of aliphatic carboxylic acids is 1. The van der Waals surface area contributed by atoms with Crippen molar-refractivity contribution in [2.45, 2.75) is 38.8 Å². The molecule has 0 fully saturated rings. The second kappa shape index (κ2) is 12.0. The molecule has 1 unspecified atom stereocenters. The van der Waals surface area contributed by atoms with Gasteiger partial charge >= 0.3 is 5.97 Å². The Hall–Kier alpha value is -2.39. The van der Waals surface area contributed by atoms with E-state index in [0.717, 1.165) is 22.2 Å². The second-order valence-corrected chi connectivity index (χ2v) is 10.3. The number of aromatic amines is 1. The first kappa shape index (κ1) is 27.6. The maximum Gasteiger partial charge on any atom is 0.307 e. The van der Waals surface area contributed by atoms with Crippen LogP contribution in [0.2, 0.25) is 10.0 Å². The topological polar surface area (TPSA) is 77.6 Å². The first-order valence-corrected chi connectivity index (χ1v) is 13.1. The predicted molar refractivity (Wildman–Crippen MR) is 142 cm³/mol. The Labute approximate surface area is 224 Å². The third-order valence-electron chi connectivity index (χ3n) is 6.87. The lowest BCUT2D eigenvalue weighted by atomic mass is 9.87. The molecule has 37 heavy (non-hydrogen) atoms. The van der Waals surface area contributed by atoms with Gasteiger partial charge in [0.25, 0.3) is 0 Å². The summed E-state index contributed by atoms with van der Waals surface area (Å²) < 4.78 is 32.4. The number of benzene rings is 2. The van der Waals surface area contributed by atoms with E-state index in [1.54, 1.807) is 25.1 Å². The summed E-state index contributed by atoms with van der Waals surface area (Å²) in [4.78, 5) is 17.3. The maximum atomic E-state index is 14.2. The van der Waals surface area contributed by atoms with Crippen molar-refractivity contribution >= 4 is 40.1 Å². The molecule has 0 saturated heterocycles. The van der Waals surface area contributed by atoms with Crippen LogP contribution in [0.15, 0.2) is 30.3 Å². The summed E-state index contributed by atoms with van der Waals surface area (Å²) >= 11 is 13.7. The highest BCUT2D eigenvalue weighted by Crippen LogP contribution is 2.47. The Bertz CT molecular complexity index is 1270. The van der Waals surface area contributed by atoms with Gasteiger partial charge in [-0.1, -0.05) is 30.1 Å². The van der Waals surface area contributed by atoms with E-state index in [2.05, 4.69) is 15.2 Å². The number of ether oxygens (including phenoxy) is 1. The Morgan fingerprint density at radius 2 is 2.08 bits per heavy atom. The quantitative estimate of drug-likeness (QED) is 0.254. The first-order valence-electron chi connectivity index (χ1n) is 12.4. The maximum absolute atomic E-state index is 14.2. The first-order chi connectivity index (χ1) is 17.7. The van der Waals surface area contributed by atoms with Crippen molar-refractivity contribution in [3.8, 4) is 5.75 Å². The molecule has 4 rings (SSSR count). The minimum atomic E-state index is -0.898. The highest BCUT2D eigenvalue weighted by molar-refractivity contribution is 6.37. The zero-order chi connectivity index (χ0) is 26.7. The average molecular weight is 554 g/mol. The monoisotopic (exact) mass is 553 g/mol. The lowest BCUT2D eigenvalue weighted by Gasteiger charge is -2.42. The van der Waals surface area contributed by atoms with Crippen molar-refractivity contribution in [1.29, 1.82) is 0 Å². The fraction of sp³-hybridized carbons (Fsp3) is 0.444. The molecule has 3 atom stereocenters. The van der Waals surface area contributed by atoms with E-state index >= 15 is 0 Å². The molecule has 1 aliphatic rings. The number of nitrogens with zero attached hydrogens (tertiary/aromatic N) is 1. The van der Waals surface area contributed by atoms with Gasteiger partial charge in [-0.15, -0.1) is 0 Å². The van der Waals surface area contributed by atoms with E-state index in [9.17, 15) is 18.7 Å². The largest absolute Gasteiger partial charge is 0.491 e. The van der Waals surface area contributed by atoms with Gasteiger partial charge in [0, 0.05) is 46.3 Å². The van der Waals surface area contributed by atoms with Gasteiger partial charge in [0.05, 0.1) is 23.7 Å². The third kappa shape index (κ3) is 5.87. The summed E-state index contributed by atoms with van der Waals surface area (Å²) in [5.74, 6) is -1.42. The van der Waals surface area contributed by atoms with Gasteiger partial charge in [0.1, 0.15) is 18.2 Å². The van der Waals surface area contributed by atoms with Crippen LogP contribution in [-0.4, -0.2) is 59.9 Å². The molecule has 200 valence electrons. The van der Waals surface area contributed by atoms with Gasteiger partial charge < -0.3 is 20.1 Å². The molecule has 2 heterocycles. The summed E-state index contributed by atoms with van der Waals surface area (Å²) in [5, 5.41) is 14.3. The van der Waals surface area contributed by atoms with E-state index < -0.39 is 17.9 Å². The lowest BCUT2D eigenvalue weighted by Crippen LogP contribution is -2.46. The van der Waals surface area contributed by atoms with Gasteiger partial charge in [-0.3, -0.25) is 14.1 Å². The van der Waals surface area contributed by atoms with E-state index in [-0.39, 0.29) is 25.1 Å². The molecule has 0 spiro atoms. The van der Waals surface area contributed by atoms with Crippen molar-refractivity contribution in [2.24, 2.45) is 5.92 Å². The molecule has 0 aliphatic carbocycles. The zero-order valence-electron chi connectivity index (χ0n) is 20.8. The molecule has 0 amide bonds. The normalized spacial score (nSPS) is 18.6. The molecule has 0 bridgehead atoms. The van der Waals surface area contributed by atoms with Gasteiger partial charge in [-0.2, -0.15) is 0 Å². The number of alkyl halides is 1. The van der Waals surface area contributed by atoms with Crippen LogP contribution in [0, 0.1) is 11.7 Å². The van der Waals surface area contributed by atoms with Crippen molar-refractivity contribution in [3.63, 3.8) is 0 Å². The number of carbonyl (C=O) groups is 1. The molecule has 0 radical (unpaired) electrons. The molecule has 3 N–H and O–H groups in total. The number of H-pyrrole nitrogens is 1. The Morgan fingerprint density at radius 1 is 1.30 bits per heavy atom. The third-order valence-corrected chi connectivity index (χ3v) is 7.59. The van der Waals surface area contributed by atoms with E-state index in [1.165, 1.54) is 12.1 Å². The smallest absolute Gasteiger partial charge is 0.307 e. The number of carboxylic acid groups (broad SMARTS) is 1. The molecular formula is C27H31Cl2F2N3O3. The number of hydrogen-bond donors (Lipinski definition) is 3. The van der Waals surface area contributed by atoms with E-state index in [1.807, 2.05) is 6.92 Å². The number of aromatic nitrogens is 1. The van der Waals surface area contributed by atoms with Crippen LogP contribution >= 0.6 is 23.2 Å². The molecule has 10 heteroatoms. The summed E-state index contributed by atoms with van der Waals surface area (Å²) in [5.41, 5.74) is 3.16. The molecule has 0 saturated carbocycles. The lowest BCUT2D eigenvalue weighted by molar-refractivity contribution is -0.142. The number of rotatable bonds is 11. The van der Waals surface area contributed by atoms with Crippen LogP contribution in [0.3, 0.4) is 0 Å². The number of hydrogen-bond acceptors (Lipinski definition) is 4. The molecule has 3 aromatic rings. The zero-order valence-corrected chi connectivity index (χ0v) is 22.3. The summed E-state index contributed by atoms with van der Waals surface area (Å²) in [6.07, 6.45) is 1.05. The standard InChI is InChI=1S/C27H31Cl2F2N3O3/c1-15(27(35)36)14-34-16(2)12-19-18-13-17(31)4-6-21(18)33-25(19)26(34)23-20(28)5-7-22(24(23)29)37-11-10-32-9-3-8-30/h4-7,13,15-16,26,32-33H,3,8-12,14H2,1-2H3,(H,35,36)/t15?,16-,26+/m0/s1. The number of fused-ring (bicyclic) bond motifs is 3. The molecular weight excluding hydrogens is 523 g/mol. The van der Waals surface area contributed by atoms with Crippen LogP contribution in [0.1, 0.15) is 43.1 Å². The minimum absolute atomic E-state index is 0.0713. The van der Waals surface area contributed by atoms with E-state index in [4.69, 9.17) is 27.9 Å². The van der Waals surface area contributed by atoms with Crippen LogP contribution in [0.25, 0.3) is 10.9 Å². The van der Waals surface area contributed by atoms with Crippen LogP contribution < -0.4 is 10.1 Å². The van der Waals surface area contributed by atoms with Gasteiger partial charge in [-0.05, 0) is 62.2 Å². The molecule has 1 aromatic heterocycles.